The van der Waals surface area contributed by atoms with Crippen molar-refractivity contribution in [3.8, 4) is 0 Å². The van der Waals surface area contributed by atoms with Crippen LogP contribution in [0.3, 0.4) is 0 Å². The van der Waals surface area contributed by atoms with Crippen molar-refractivity contribution in [2.75, 3.05) is 0 Å². The summed E-state index contributed by atoms with van der Waals surface area (Å²) in [6.07, 6.45) is 20.9. The molecule has 1 unspecified atom stereocenters. The Labute approximate surface area is 141 Å². The van der Waals surface area contributed by atoms with E-state index in [1.54, 1.807) is 0 Å². The molecule has 3 heteroatoms. The van der Waals surface area contributed by atoms with E-state index in [-0.39, 0.29) is 17.9 Å². The van der Waals surface area contributed by atoms with Crippen LogP contribution in [0.5, 0.6) is 0 Å². The number of hydrogen-bond donors (Lipinski definition) is 0. The largest absolute Gasteiger partial charge is 0.393 e. The highest BCUT2D eigenvalue weighted by atomic mass is 16.6. The molecule has 0 N–H and O–H groups in total. The van der Waals surface area contributed by atoms with Crippen molar-refractivity contribution in [2.24, 2.45) is 5.92 Å². The second-order valence-electron chi connectivity index (χ2n) is 6.71. The first-order chi connectivity index (χ1) is 11.2. The van der Waals surface area contributed by atoms with Crippen molar-refractivity contribution in [1.82, 2.24) is 0 Å². The lowest BCUT2D eigenvalue weighted by molar-refractivity contribution is -0.153. The van der Waals surface area contributed by atoms with Gasteiger partial charge in [0.1, 0.15) is 0 Å². The minimum Gasteiger partial charge on any atom is -0.393 e. The van der Waals surface area contributed by atoms with Gasteiger partial charge in [0.15, 0.2) is 0 Å². The lowest BCUT2D eigenvalue weighted by Crippen LogP contribution is -2.06. The van der Waals surface area contributed by atoms with Crippen LogP contribution < -0.4 is 0 Å². The standard InChI is InChI=1S/C20H34O3/c1-2-3-4-5-6-7-8-9-10-11-12-13-14-15-16-18-17-19(21)23-20(18)22/h9-10,18H,2-8,11-17H2,1H3/b10-9+. The van der Waals surface area contributed by atoms with E-state index in [0.29, 0.717) is 6.42 Å². The summed E-state index contributed by atoms with van der Waals surface area (Å²) in [5, 5.41) is 0. The molecule has 0 radical (unpaired) electrons. The lowest BCUT2D eigenvalue weighted by Gasteiger charge is -2.03. The average Bonchev–Trinajstić information content (AvgIpc) is 2.85. The normalized spacial score (nSPS) is 18.0. The van der Waals surface area contributed by atoms with E-state index in [4.69, 9.17) is 0 Å². The molecule has 0 spiro atoms. The molecule has 1 atom stereocenters. The zero-order valence-corrected chi connectivity index (χ0v) is 14.9. The first-order valence-corrected chi connectivity index (χ1v) is 9.63. The van der Waals surface area contributed by atoms with Gasteiger partial charge >= 0.3 is 11.9 Å². The Hall–Kier alpha value is -1.12. The lowest BCUT2D eigenvalue weighted by atomic mass is 9.99. The maximum atomic E-state index is 11.3. The van der Waals surface area contributed by atoms with E-state index in [9.17, 15) is 9.59 Å². The number of esters is 2. The number of carbonyl (C=O) groups is 2. The highest BCUT2D eigenvalue weighted by Crippen LogP contribution is 2.22. The van der Waals surface area contributed by atoms with Crippen molar-refractivity contribution in [1.29, 1.82) is 0 Å². The van der Waals surface area contributed by atoms with Crippen LogP contribution in [0.15, 0.2) is 12.2 Å². The third kappa shape index (κ3) is 10.3. The van der Waals surface area contributed by atoms with E-state index < -0.39 is 0 Å². The van der Waals surface area contributed by atoms with Gasteiger partial charge in [-0.2, -0.15) is 0 Å². The average molecular weight is 322 g/mol. The summed E-state index contributed by atoms with van der Waals surface area (Å²) in [6.45, 7) is 2.26. The van der Waals surface area contributed by atoms with Gasteiger partial charge in [-0.05, 0) is 32.1 Å². The van der Waals surface area contributed by atoms with Crippen molar-refractivity contribution >= 4 is 11.9 Å². The number of cyclic esters (lactones) is 2. The molecule has 1 heterocycles. The third-order valence-electron chi connectivity index (χ3n) is 4.53. The Morgan fingerprint density at radius 2 is 1.43 bits per heavy atom. The summed E-state index contributed by atoms with van der Waals surface area (Å²) in [4.78, 5) is 22.3. The number of hydrogen-bond acceptors (Lipinski definition) is 3. The van der Waals surface area contributed by atoms with Gasteiger partial charge in [-0.15, -0.1) is 0 Å². The van der Waals surface area contributed by atoms with Gasteiger partial charge in [0.25, 0.3) is 0 Å². The molecule has 1 rings (SSSR count). The second-order valence-corrected chi connectivity index (χ2v) is 6.71. The molecule has 3 nitrogen and oxygen atoms in total. The first-order valence-electron chi connectivity index (χ1n) is 9.63. The summed E-state index contributed by atoms with van der Waals surface area (Å²) in [6, 6.07) is 0. The SMILES string of the molecule is CCCCCCCC/C=C/CCCCCCC1CC(=O)OC1=O. The Balaban J connectivity index is 1.81. The van der Waals surface area contributed by atoms with Crippen LogP contribution >= 0.6 is 0 Å². The van der Waals surface area contributed by atoms with Crippen molar-refractivity contribution < 1.29 is 14.3 Å². The zero-order chi connectivity index (χ0) is 16.8. The highest BCUT2D eigenvalue weighted by molar-refractivity contribution is 5.94. The Kier molecular flexibility index (Phi) is 11.5. The predicted octanol–water partition coefficient (Wildman–Crippen LogP) is 5.72. The summed E-state index contributed by atoms with van der Waals surface area (Å²) >= 11 is 0. The van der Waals surface area contributed by atoms with Crippen LogP contribution in [0.1, 0.15) is 96.8 Å². The molecule has 1 aliphatic heterocycles. The molecule has 23 heavy (non-hydrogen) atoms. The van der Waals surface area contributed by atoms with Gasteiger partial charge in [-0.3, -0.25) is 9.59 Å². The summed E-state index contributed by atoms with van der Waals surface area (Å²) in [5.41, 5.74) is 0. The van der Waals surface area contributed by atoms with Crippen LogP contribution in [0, 0.1) is 5.92 Å². The maximum absolute atomic E-state index is 11.3. The van der Waals surface area contributed by atoms with Gasteiger partial charge in [0.2, 0.25) is 0 Å². The van der Waals surface area contributed by atoms with Crippen LogP contribution in [-0.4, -0.2) is 11.9 Å². The topological polar surface area (TPSA) is 43.4 Å². The fraction of sp³-hybridized carbons (Fsp3) is 0.800. The fourth-order valence-electron chi connectivity index (χ4n) is 3.03. The van der Waals surface area contributed by atoms with E-state index in [1.165, 1.54) is 64.2 Å². The summed E-state index contributed by atoms with van der Waals surface area (Å²) < 4.78 is 4.56. The predicted molar refractivity (Wildman–Crippen MR) is 94.0 cm³/mol. The number of allylic oxidation sites excluding steroid dienone is 2. The molecule has 132 valence electrons. The number of ether oxygens (including phenoxy) is 1. The molecule has 0 amide bonds. The Bertz CT molecular complexity index is 360. The monoisotopic (exact) mass is 322 g/mol. The molecular weight excluding hydrogens is 288 g/mol. The summed E-state index contributed by atoms with van der Waals surface area (Å²) in [7, 11) is 0. The summed E-state index contributed by atoms with van der Waals surface area (Å²) in [5.74, 6) is -0.831. The van der Waals surface area contributed by atoms with Gasteiger partial charge in [0, 0.05) is 0 Å². The van der Waals surface area contributed by atoms with E-state index in [0.717, 1.165) is 19.3 Å². The van der Waals surface area contributed by atoms with Gasteiger partial charge in [-0.25, -0.2) is 0 Å². The zero-order valence-electron chi connectivity index (χ0n) is 14.9. The molecule has 0 aromatic carbocycles. The molecular formula is C20H34O3. The molecule has 0 aliphatic carbocycles. The molecule has 1 aliphatic rings. The Morgan fingerprint density at radius 3 is 2.00 bits per heavy atom. The highest BCUT2D eigenvalue weighted by Gasteiger charge is 2.32. The van der Waals surface area contributed by atoms with Crippen LogP contribution in [0.25, 0.3) is 0 Å². The minimum absolute atomic E-state index is 0.167. The first kappa shape index (κ1) is 19.9. The maximum Gasteiger partial charge on any atom is 0.317 e. The van der Waals surface area contributed by atoms with Crippen molar-refractivity contribution in [2.45, 2.75) is 96.8 Å². The number of unbranched alkanes of at least 4 members (excludes halogenated alkanes) is 10. The molecule has 1 fully saturated rings. The fourth-order valence-corrected chi connectivity index (χ4v) is 3.03. The van der Waals surface area contributed by atoms with Crippen molar-refractivity contribution in [3.63, 3.8) is 0 Å². The quantitative estimate of drug-likeness (QED) is 0.178. The molecule has 0 saturated carbocycles. The number of rotatable bonds is 14. The van der Waals surface area contributed by atoms with Gasteiger partial charge in [0.05, 0.1) is 12.3 Å². The van der Waals surface area contributed by atoms with E-state index in [2.05, 4.69) is 23.8 Å². The molecule has 0 aromatic rings. The molecule has 1 saturated heterocycles. The molecule has 0 bridgehead atoms. The Morgan fingerprint density at radius 1 is 0.870 bits per heavy atom. The minimum atomic E-state index is -0.351. The van der Waals surface area contributed by atoms with Gasteiger partial charge < -0.3 is 4.74 Å². The van der Waals surface area contributed by atoms with Crippen molar-refractivity contribution in [3.05, 3.63) is 12.2 Å². The third-order valence-corrected chi connectivity index (χ3v) is 4.53. The second kappa shape index (κ2) is 13.3. The smallest absolute Gasteiger partial charge is 0.317 e. The van der Waals surface area contributed by atoms with Crippen LogP contribution in [0.2, 0.25) is 0 Å². The van der Waals surface area contributed by atoms with E-state index >= 15 is 0 Å². The van der Waals surface area contributed by atoms with Crippen LogP contribution in [0.4, 0.5) is 0 Å². The van der Waals surface area contributed by atoms with E-state index in [1.807, 2.05) is 0 Å². The molecule has 0 aromatic heterocycles. The van der Waals surface area contributed by atoms with Gasteiger partial charge in [-0.1, -0.05) is 70.4 Å². The number of carbonyl (C=O) groups excluding carboxylic acids is 2. The van der Waals surface area contributed by atoms with Crippen LogP contribution in [-0.2, 0) is 14.3 Å².